The number of pyridine rings is 1. The third-order valence-corrected chi connectivity index (χ3v) is 2.56. The number of rotatable bonds is 1. The molecule has 0 saturated heterocycles. The number of halogens is 2. The zero-order valence-corrected chi connectivity index (χ0v) is 11.6. The van der Waals surface area contributed by atoms with Gasteiger partial charge in [0.2, 0.25) is 5.91 Å². The minimum Gasteiger partial charge on any atom is -0.384 e. The highest BCUT2D eigenvalue weighted by molar-refractivity contribution is 9.10. The number of hydrogen-bond acceptors (Lipinski definition) is 3. The Balaban J connectivity index is 0.000000184. The molecule has 4 nitrogen and oxygen atoms in total. The largest absolute Gasteiger partial charge is 0.384 e. The standard InChI is InChI=1S/C7H6ClNO.C5H5BrN2/c8-6-3-1-2-5(4-6)7(9)10;6-4-1-2-5(7)8-3-4/h1-4H,(H2,9,10);1-3H,(H2,7,8). The first kappa shape index (κ1) is 14.5. The van der Waals surface area contributed by atoms with E-state index in [1.807, 2.05) is 6.07 Å². The molecule has 2 rings (SSSR count). The Morgan fingerprint density at radius 1 is 1.28 bits per heavy atom. The lowest BCUT2D eigenvalue weighted by atomic mass is 10.2. The van der Waals surface area contributed by atoms with E-state index in [9.17, 15) is 4.79 Å². The number of primary amides is 1. The van der Waals surface area contributed by atoms with Crippen LogP contribution in [0.5, 0.6) is 0 Å². The smallest absolute Gasteiger partial charge is 0.248 e. The Morgan fingerprint density at radius 3 is 2.39 bits per heavy atom. The SMILES string of the molecule is NC(=O)c1cccc(Cl)c1.Nc1ccc(Br)cn1. The average Bonchev–Trinajstić information content (AvgIpc) is 2.34. The maximum atomic E-state index is 10.5. The molecule has 0 radical (unpaired) electrons. The highest BCUT2D eigenvalue weighted by atomic mass is 79.9. The molecule has 1 heterocycles. The van der Waals surface area contributed by atoms with Gasteiger partial charge in [-0.25, -0.2) is 4.98 Å². The molecule has 1 aromatic carbocycles. The molecule has 1 aromatic heterocycles. The molecule has 4 N–H and O–H groups in total. The minimum absolute atomic E-state index is 0.438. The van der Waals surface area contributed by atoms with Gasteiger partial charge in [0.15, 0.2) is 0 Å². The summed E-state index contributed by atoms with van der Waals surface area (Å²) < 4.78 is 0.951. The van der Waals surface area contributed by atoms with Gasteiger partial charge in [0.25, 0.3) is 0 Å². The number of carbonyl (C=O) groups excluding carboxylic acids is 1. The van der Waals surface area contributed by atoms with Crippen molar-refractivity contribution in [3.8, 4) is 0 Å². The Bertz CT molecular complexity index is 510. The highest BCUT2D eigenvalue weighted by Crippen LogP contribution is 2.09. The molecule has 0 saturated carbocycles. The van der Waals surface area contributed by atoms with E-state index in [0.717, 1.165) is 4.47 Å². The number of amides is 1. The van der Waals surface area contributed by atoms with Gasteiger partial charge >= 0.3 is 0 Å². The van der Waals surface area contributed by atoms with Crippen LogP contribution in [0.15, 0.2) is 47.1 Å². The third kappa shape index (κ3) is 5.16. The van der Waals surface area contributed by atoms with Gasteiger partial charge < -0.3 is 11.5 Å². The van der Waals surface area contributed by atoms with Crippen molar-refractivity contribution in [2.45, 2.75) is 0 Å². The van der Waals surface area contributed by atoms with Crippen molar-refractivity contribution in [3.05, 3.63) is 57.7 Å². The molecular weight excluding hydrogens is 318 g/mol. The van der Waals surface area contributed by atoms with E-state index in [1.165, 1.54) is 6.07 Å². The molecule has 0 aliphatic carbocycles. The van der Waals surface area contributed by atoms with Crippen LogP contribution in [-0.2, 0) is 0 Å². The van der Waals surface area contributed by atoms with Crippen LogP contribution < -0.4 is 11.5 Å². The molecule has 94 valence electrons. The molecule has 0 aliphatic rings. The number of hydrogen-bond donors (Lipinski definition) is 2. The maximum Gasteiger partial charge on any atom is 0.248 e. The molecule has 18 heavy (non-hydrogen) atoms. The third-order valence-electron chi connectivity index (χ3n) is 1.86. The zero-order valence-electron chi connectivity index (χ0n) is 9.31. The Kier molecular flexibility index (Phi) is 5.61. The quantitative estimate of drug-likeness (QED) is 0.844. The van der Waals surface area contributed by atoms with Crippen molar-refractivity contribution in [1.82, 2.24) is 4.98 Å². The molecule has 0 bridgehead atoms. The molecule has 0 aliphatic heterocycles. The Labute approximate surface area is 118 Å². The van der Waals surface area contributed by atoms with Crippen LogP contribution in [0.4, 0.5) is 5.82 Å². The van der Waals surface area contributed by atoms with E-state index in [1.54, 1.807) is 30.5 Å². The fourth-order valence-corrected chi connectivity index (χ4v) is 1.45. The van der Waals surface area contributed by atoms with Crippen LogP contribution in [-0.4, -0.2) is 10.9 Å². The summed E-state index contributed by atoms with van der Waals surface area (Å²) in [5.41, 5.74) is 10.7. The predicted molar refractivity (Wildman–Crippen MR) is 76.3 cm³/mol. The van der Waals surface area contributed by atoms with Crippen molar-refractivity contribution < 1.29 is 4.79 Å². The van der Waals surface area contributed by atoms with E-state index in [4.69, 9.17) is 23.1 Å². The first-order valence-corrected chi connectivity index (χ1v) is 6.08. The fourth-order valence-electron chi connectivity index (χ4n) is 1.03. The summed E-state index contributed by atoms with van der Waals surface area (Å²) >= 11 is 8.81. The van der Waals surface area contributed by atoms with Gasteiger partial charge in [0.05, 0.1) is 0 Å². The lowest BCUT2D eigenvalue weighted by Crippen LogP contribution is -2.10. The van der Waals surface area contributed by atoms with Crippen molar-refractivity contribution in [3.63, 3.8) is 0 Å². The number of carbonyl (C=O) groups is 1. The summed E-state index contributed by atoms with van der Waals surface area (Å²) in [6.07, 6.45) is 1.66. The lowest BCUT2D eigenvalue weighted by molar-refractivity contribution is 0.100. The van der Waals surface area contributed by atoms with Crippen molar-refractivity contribution in [1.29, 1.82) is 0 Å². The van der Waals surface area contributed by atoms with Gasteiger partial charge in [-0.3, -0.25) is 4.79 Å². The molecule has 6 heteroatoms. The highest BCUT2D eigenvalue weighted by Gasteiger charge is 1.97. The van der Waals surface area contributed by atoms with E-state index < -0.39 is 5.91 Å². The van der Waals surface area contributed by atoms with Gasteiger partial charge in [-0.15, -0.1) is 0 Å². The molecule has 0 spiro atoms. The van der Waals surface area contributed by atoms with Crippen LogP contribution in [0, 0.1) is 0 Å². The van der Waals surface area contributed by atoms with Crippen LogP contribution >= 0.6 is 27.5 Å². The second-order valence-electron chi connectivity index (χ2n) is 3.28. The summed E-state index contributed by atoms with van der Waals surface area (Å²) in [5, 5.41) is 0.524. The molecule has 0 fully saturated rings. The number of nitrogens with zero attached hydrogens (tertiary/aromatic N) is 1. The second-order valence-corrected chi connectivity index (χ2v) is 4.63. The van der Waals surface area contributed by atoms with Gasteiger partial charge in [0.1, 0.15) is 5.82 Å². The van der Waals surface area contributed by atoms with Crippen molar-refractivity contribution in [2.24, 2.45) is 5.73 Å². The molecule has 0 atom stereocenters. The monoisotopic (exact) mass is 327 g/mol. The van der Waals surface area contributed by atoms with Crippen LogP contribution in [0.2, 0.25) is 5.02 Å². The number of aromatic nitrogens is 1. The van der Waals surface area contributed by atoms with E-state index in [-0.39, 0.29) is 0 Å². The summed E-state index contributed by atoms with van der Waals surface area (Å²) in [6.45, 7) is 0. The van der Waals surface area contributed by atoms with E-state index in [2.05, 4.69) is 20.9 Å². The molecular formula is C12H11BrClN3O. The number of anilines is 1. The minimum atomic E-state index is -0.456. The fraction of sp³-hybridized carbons (Fsp3) is 0. The van der Waals surface area contributed by atoms with E-state index >= 15 is 0 Å². The zero-order chi connectivity index (χ0) is 13.5. The summed E-state index contributed by atoms with van der Waals surface area (Å²) in [4.78, 5) is 14.3. The normalized spacial score (nSPS) is 9.22. The summed E-state index contributed by atoms with van der Waals surface area (Å²) in [5.74, 6) is 0.0932. The Hall–Kier alpha value is -1.59. The first-order valence-electron chi connectivity index (χ1n) is 4.91. The van der Waals surface area contributed by atoms with Crippen LogP contribution in [0.1, 0.15) is 10.4 Å². The van der Waals surface area contributed by atoms with Crippen molar-refractivity contribution >= 4 is 39.3 Å². The topological polar surface area (TPSA) is 82.0 Å². The van der Waals surface area contributed by atoms with Crippen molar-refractivity contribution in [2.75, 3.05) is 5.73 Å². The Morgan fingerprint density at radius 2 is 2.00 bits per heavy atom. The number of nitrogen functional groups attached to an aromatic ring is 1. The molecule has 2 aromatic rings. The maximum absolute atomic E-state index is 10.5. The predicted octanol–water partition coefficient (Wildman–Crippen LogP) is 2.87. The molecule has 1 amide bonds. The van der Waals surface area contributed by atoms with E-state index in [0.29, 0.717) is 16.4 Å². The summed E-state index contributed by atoms with van der Waals surface area (Å²) in [6, 6.07) is 10.1. The van der Waals surface area contributed by atoms with Crippen LogP contribution in [0.25, 0.3) is 0 Å². The number of benzene rings is 1. The van der Waals surface area contributed by atoms with Gasteiger partial charge in [0, 0.05) is 21.3 Å². The van der Waals surface area contributed by atoms with Crippen LogP contribution in [0.3, 0.4) is 0 Å². The van der Waals surface area contributed by atoms with Gasteiger partial charge in [-0.05, 0) is 46.3 Å². The second kappa shape index (κ2) is 6.98. The summed E-state index contributed by atoms with van der Waals surface area (Å²) in [7, 11) is 0. The molecule has 0 unspecified atom stereocenters. The lowest BCUT2D eigenvalue weighted by Gasteiger charge is -1.93. The first-order chi connectivity index (χ1) is 8.49. The number of nitrogens with two attached hydrogens (primary N) is 2. The van der Waals surface area contributed by atoms with Gasteiger partial charge in [-0.1, -0.05) is 17.7 Å². The average molecular weight is 329 g/mol. The van der Waals surface area contributed by atoms with Gasteiger partial charge in [-0.2, -0.15) is 0 Å².